The number of aryl methyl sites for hydroxylation is 2. The van der Waals surface area contributed by atoms with E-state index in [4.69, 9.17) is 0 Å². The molecule has 2 rings (SSSR count). The second-order valence-corrected chi connectivity index (χ2v) is 6.46. The van der Waals surface area contributed by atoms with Gasteiger partial charge in [0.2, 0.25) is 0 Å². The number of nitrogens with one attached hydrogen (secondary N) is 2. The molecule has 2 amide bonds. The van der Waals surface area contributed by atoms with Crippen LogP contribution in [0.3, 0.4) is 0 Å². The second-order valence-electron chi connectivity index (χ2n) is 6.46. The Morgan fingerprint density at radius 2 is 1.62 bits per heavy atom. The highest BCUT2D eigenvalue weighted by atomic mass is 16.2. The minimum atomic E-state index is -0.222. The van der Waals surface area contributed by atoms with Gasteiger partial charge in [0.05, 0.1) is 0 Å². The summed E-state index contributed by atoms with van der Waals surface area (Å²) in [5.41, 5.74) is 3.89. The molecule has 0 aliphatic heterocycles. The van der Waals surface area contributed by atoms with Crippen LogP contribution in [0.25, 0.3) is 0 Å². The Balaban J connectivity index is 2.12. The van der Waals surface area contributed by atoms with Crippen molar-refractivity contribution in [2.75, 3.05) is 11.9 Å². The maximum Gasteiger partial charge on any atom is 0.255 e. The largest absolute Gasteiger partial charge is 0.352 e. The minimum Gasteiger partial charge on any atom is -0.352 e. The molecule has 126 valence electrons. The van der Waals surface area contributed by atoms with Crippen LogP contribution in [0.15, 0.2) is 42.5 Å². The van der Waals surface area contributed by atoms with E-state index in [1.807, 2.05) is 45.9 Å². The van der Waals surface area contributed by atoms with Crippen LogP contribution in [0.5, 0.6) is 0 Å². The van der Waals surface area contributed by atoms with Gasteiger partial charge in [0.25, 0.3) is 11.8 Å². The van der Waals surface area contributed by atoms with Gasteiger partial charge in [-0.15, -0.1) is 0 Å². The third-order valence-electron chi connectivity index (χ3n) is 3.69. The Hall–Kier alpha value is -2.62. The van der Waals surface area contributed by atoms with E-state index in [0.29, 0.717) is 23.6 Å². The van der Waals surface area contributed by atoms with E-state index in [1.54, 1.807) is 24.3 Å². The fourth-order valence-electron chi connectivity index (χ4n) is 2.35. The first kappa shape index (κ1) is 17.7. The number of benzene rings is 2. The van der Waals surface area contributed by atoms with Crippen LogP contribution in [-0.4, -0.2) is 18.4 Å². The number of hydrogen-bond acceptors (Lipinski definition) is 2. The first-order valence-electron chi connectivity index (χ1n) is 8.13. The Labute approximate surface area is 143 Å². The van der Waals surface area contributed by atoms with Gasteiger partial charge < -0.3 is 10.6 Å². The molecule has 0 saturated carbocycles. The molecule has 2 N–H and O–H groups in total. The van der Waals surface area contributed by atoms with Crippen molar-refractivity contribution in [2.24, 2.45) is 5.92 Å². The van der Waals surface area contributed by atoms with E-state index in [1.165, 1.54) is 0 Å². The van der Waals surface area contributed by atoms with Crippen molar-refractivity contribution in [3.63, 3.8) is 0 Å². The molecule has 2 aromatic rings. The Bertz CT molecular complexity index is 751. The van der Waals surface area contributed by atoms with Crippen LogP contribution in [-0.2, 0) is 0 Å². The number of carbonyl (C=O) groups excluding carboxylic acids is 2. The highest BCUT2D eigenvalue weighted by Crippen LogP contribution is 2.17. The molecule has 0 unspecified atom stereocenters. The maximum absolute atomic E-state index is 12.4. The van der Waals surface area contributed by atoms with Gasteiger partial charge in [-0.25, -0.2) is 0 Å². The van der Waals surface area contributed by atoms with Gasteiger partial charge in [0.1, 0.15) is 0 Å². The highest BCUT2D eigenvalue weighted by molar-refractivity contribution is 6.06. The molecule has 4 nitrogen and oxygen atoms in total. The van der Waals surface area contributed by atoms with Gasteiger partial charge in [0, 0.05) is 23.4 Å². The molecule has 0 aliphatic carbocycles. The van der Waals surface area contributed by atoms with Crippen LogP contribution >= 0.6 is 0 Å². The van der Waals surface area contributed by atoms with Crippen LogP contribution < -0.4 is 10.6 Å². The summed E-state index contributed by atoms with van der Waals surface area (Å²) in [6, 6.07) is 12.6. The summed E-state index contributed by atoms with van der Waals surface area (Å²) in [6.07, 6.45) is 0. The Morgan fingerprint density at radius 3 is 2.25 bits per heavy atom. The van der Waals surface area contributed by atoms with Crippen molar-refractivity contribution in [3.05, 3.63) is 64.7 Å². The number of amides is 2. The normalized spacial score (nSPS) is 10.5. The van der Waals surface area contributed by atoms with Gasteiger partial charge >= 0.3 is 0 Å². The van der Waals surface area contributed by atoms with Crippen molar-refractivity contribution in [3.8, 4) is 0 Å². The van der Waals surface area contributed by atoms with Gasteiger partial charge in [0.15, 0.2) is 0 Å². The van der Waals surface area contributed by atoms with Crippen molar-refractivity contribution < 1.29 is 9.59 Å². The molecule has 0 atom stereocenters. The summed E-state index contributed by atoms with van der Waals surface area (Å²) in [5.74, 6) is -0.00438. The summed E-state index contributed by atoms with van der Waals surface area (Å²) in [5, 5.41) is 5.76. The van der Waals surface area contributed by atoms with E-state index in [-0.39, 0.29) is 11.8 Å². The molecule has 4 heteroatoms. The standard InChI is InChI=1S/C20H24N2O2/c1-13(2)12-21-19(23)16-6-5-7-17(11-16)20(24)22-18-9-8-14(3)10-15(18)4/h5-11,13H,12H2,1-4H3,(H,21,23)(H,22,24). The van der Waals surface area contributed by atoms with Crippen LogP contribution in [0.1, 0.15) is 45.7 Å². The quantitative estimate of drug-likeness (QED) is 0.875. The third kappa shape index (κ3) is 4.69. The Kier molecular flexibility index (Phi) is 5.74. The lowest BCUT2D eigenvalue weighted by Gasteiger charge is -2.11. The van der Waals surface area contributed by atoms with E-state index in [9.17, 15) is 9.59 Å². The molecule has 24 heavy (non-hydrogen) atoms. The van der Waals surface area contributed by atoms with Crippen LogP contribution in [0.2, 0.25) is 0 Å². The average molecular weight is 324 g/mol. The van der Waals surface area contributed by atoms with Gasteiger partial charge in [-0.05, 0) is 49.6 Å². The molecular weight excluding hydrogens is 300 g/mol. The lowest BCUT2D eigenvalue weighted by Crippen LogP contribution is -2.27. The average Bonchev–Trinajstić information content (AvgIpc) is 2.55. The summed E-state index contributed by atoms with van der Waals surface area (Å²) in [7, 11) is 0. The predicted octanol–water partition coefficient (Wildman–Crippen LogP) is 3.94. The fraction of sp³-hybridized carbons (Fsp3) is 0.300. The minimum absolute atomic E-state index is 0.162. The van der Waals surface area contributed by atoms with Crippen molar-refractivity contribution in [2.45, 2.75) is 27.7 Å². The zero-order valence-corrected chi connectivity index (χ0v) is 14.6. The molecular formula is C20H24N2O2. The van der Waals surface area contributed by atoms with Gasteiger partial charge in [-0.1, -0.05) is 37.6 Å². The molecule has 2 aromatic carbocycles. The van der Waals surface area contributed by atoms with Gasteiger partial charge in [-0.2, -0.15) is 0 Å². The first-order chi connectivity index (χ1) is 11.4. The smallest absolute Gasteiger partial charge is 0.255 e. The molecule has 0 aliphatic rings. The molecule has 0 aromatic heterocycles. The number of anilines is 1. The SMILES string of the molecule is Cc1ccc(NC(=O)c2cccc(C(=O)NCC(C)C)c2)c(C)c1. The zero-order valence-electron chi connectivity index (χ0n) is 14.6. The zero-order chi connectivity index (χ0) is 17.7. The molecule has 0 bridgehead atoms. The van der Waals surface area contributed by atoms with Crippen LogP contribution in [0.4, 0.5) is 5.69 Å². The van der Waals surface area contributed by atoms with E-state index in [2.05, 4.69) is 10.6 Å². The molecule has 0 radical (unpaired) electrons. The van der Waals surface area contributed by atoms with E-state index in [0.717, 1.165) is 16.8 Å². The van der Waals surface area contributed by atoms with Crippen molar-refractivity contribution in [1.82, 2.24) is 5.32 Å². The summed E-state index contributed by atoms with van der Waals surface area (Å²) >= 11 is 0. The van der Waals surface area contributed by atoms with Crippen molar-refractivity contribution in [1.29, 1.82) is 0 Å². The highest BCUT2D eigenvalue weighted by Gasteiger charge is 2.12. The second kappa shape index (κ2) is 7.77. The number of carbonyl (C=O) groups is 2. The summed E-state index contributed by atoms with van der Waals surface area (Å²) in [4.78, 5) is 24.6. The monoisotopic (exact) mass is 324 g/mol. The lowest BCUT2D eigenvalue weighted by molar-refractivity contribution is 0.0949. The fourth-order valence-corrected chi connectivity index (χ4v) is 2.35. The predicted molar refractivity (Wildman–Crippen MR) is 97.5 cm³/mol. The first-order valence-corrected chi connectivity index (χ1v) is 8.13. The van der Waals surface area contributed by atoms with Crippen molar-refractivity contribution >= 4 is 17.5 Å². The van der Waals surface area contributed by atoms with E-state index < -0.39 is 0 Å². The molecule has 0 saturated heterocycles. The number of hydrogen-bond donors (Lipinski definition) is 2. The third-order valence-corrected chi connectivity index (χ3v) is 3.69. The van der Waals surface area contributed by atoms with E-state index >= 15 is 0 Å². The van der Waals surface area contributed by atoms with Gasteiger partial charge in [-0.3, -0.25) is 9.59 Å². The topological polar surface area (TPSA) is 58.2 Å². The molecule has 0 spiro atoms. The maximum atomic E-state index is 12.4. The lowest BCUT2D eigenvalue weighted by atomic mass is 10.1. The Morgan fingerprint density at radius 1 is 0.958 bits per heavy atom. The number of rotatable bonds is 5. The molecule has 0 heterocycles. The summed E-state index contributed by atoms with van der Waals surface area (Å²) < 4.78 is 0. The molecule has 0 fully saturated rings. The summed E-state index contributed by atoms with van der Waals surface area (Å²) in [6.45, 7) is 8.65. The van der Waals surface area contributed by atoms with Crippen LogP contribution in [0, 0.1) is 19.8 Å².